The van der Waals surface area contributed by atoms with Gasteiger partial charge in [-0.1, -0.05) is 85.8 Å². The number of carbonyl (C=O) groups excluding carboxylic acids is 3. The average Bonchev–Trinajstić information content (AvgIpc) is 3.78. The van der Waals surface area contributed by atoms with Gasteiger partial charge in [0.2, 0.25) is 5.91 Å². The zero-order valence-electron chi connectivity index (χ0n) is 29.7. The van der Waals surface area contributed by atoms with E-state index >= 15 is 0 Å². The Morgan fingerprint density at radius 3 is 2.22 bits per heavy atom. The number of carbonyl (C=O) groups is 3. The normalized spacial score (nSPS) is 13.6. The number of oxazole rings is 1. The molecule has 0 unspecified atom stereocenters. The molecule has 4 amide bonds. The number of alkyl carbamates (subject to hydrolysis) is 1. The molecule has 4 rings (SSSR count). The van der Waals surface area contributed by atoms with Gasteiger partial charge in [0.15, 0.2) is 18.8 Å². The number of amides is 4. The van der Waals surface area contributed by atoms with Crippen molar-refractivity contribution in [2.75, 3.05) is 7.05 Å². The van der Waals surface area contributed by atoms with E-state index in [1.165, 1.54) is 28.8 Å². The van der Waals surface area contributed by atoms with Crippen LogP contribution >= 0.6 is 11.3 Å². The van der Waals surface area contributed by atoms with Crippen LogP contribution in [0.2, 0.25) is 0 Å². The SMILES string of the molecule is CC(C)Oc1nc(CN(C)C(=O)N[C@H](C(=O)N[C@@H](Cc2ccccc2)C[C@H](O)[C@H](Cc2ccccc2)NC(=O)OCc2cnco2)C(C)C)cs1. The zero-order valence-corrected chi connectivity index (χ0v) is 30.5. The first kappa shape index (κ1) is 38.8. The van der Waals surface area contributed by atoms with Gasteiger partial charge < -0.3 is 39.8 Å². The molecule has 14 heteroatoms. The number of aromatic nitrogens is 2. The number of urea groups is 1. The van der Waals surface area contributed by atoms with Crippen molar-refractivity contribution in [3.05, 3.63) is 101 Å². The van der Waals surface area contributed by atoms with Crippen LogP contribution in [0, 0.1) is 5.92 Å². The van der Waals surface area contributed by atoms with E-state index in [1.807, 2.05) is 93.7 Å². The largest absolute Gasteiger partial charge is 0.467 e. The van der Waals surface area contributed by atoms with Gasteiger partial charge in [0.25, 0.3) is 5.19 Å². The van der Waals surface area contributed by atoms with E-state index < -0.39 is 36.4 Å². The van der Waals surface area contributed by atoms with Gasteiger partial charge in [-0.3, -0.25) is 4.79 Å². The van der Waals surface area contributed by atoms with Crippen LogP contribution in [0.5, 0.6) is 5.19 Å². The highest BCUT2D eigenvalue weighted by molar-refractivity contribution is 7.11. The van der Waals surface area contributed by atoms with Crippen LogP contribution in [0.1, 0.15) is 56.7 Å². The molecular formula is C37H48N6O7S. The Kier molecular flexibility index (Phi) is 14.8. The van der Waals surface area contributed by atoms with Gasteiger partial charge in [-0.05, 0) is 50.2 Å². The fourth-order valence-electron chi connectivity index (χ4n) is 5.34. The van der Waals surface area contributed by atoms with Crippen LogP contribution in [0.15, 0.2) is 83.1 Å². The van der Waals surface area contributed by atoms with Crippen LogP contribution in [0.25, 0.3) is 0 Å². The summed E-state index contributed by atoms with van der Waals surface area (Å²) >= 11 is 1.36. The maximum Gasteiger partial charge on any atom is 0.407 e. The highest BCUT2D eigenvalue weighted by atomic mass is 32.1. The summed E-state index contributed by atoms with van der Waals surface area (Å²) in [6, 6.07) is 16.5. The number of nitrogens with one attached hydrogen (secondary N) is 3. The second kappa shape index (κ2) is 19.4. The molecule has 0 bridgehead atoms. The van der Waals surface area contributed by atoms with Gasteiger partial charge in [-0.15, -0.1) is 0 Å². The number of hydrogen-bond donors (Lipinski definition) is 4. The molecule has 4 atom stereocenters. The fourth-order valence-corrected chi connectivity index (χ4v) is 6.12. The van der Waals surface area contributed by atoms with Gasteiger partial charge in [-0.25, -0.2) is 19.6 Å². The molecular weight excluding hydrogens is 673 g/mol. The second-order valence-electron chi connectivity index (χ2n) is 13.0. The van der Waals surface area contributed by atoms with E-state index in [1.54, 1.807) is 7.05 Å². The van der Waals surface area contributed by atoms with Crippen LogP contribution in [-0.2, 0) is 35.5 Å². The molecule has 51 heavy (non-hydrogen) atoms. The first-order chi connectivity index (χ1) is 24.5. The number of rotatable bonds is 18. The maximum atomic E-state index is 13.9. The number of ether oxygens (including phenoxy) is 2. The molecule has 0 saturated carbocycles. The van der Waals surface area contributed by atoms with E-state index in [2.05, 4.69) is 25.9 Å². The molecule has 4 aromatic rings. The molecule has 0 fully saturated rings. The average molecular weight is 721 g/mol. The van der Waals surface area contributed by atoms with E-state index in [-0.39, 0.29) is 37.5 Å². The van der Waals surface area contributed by atoms with Crippen molar-refractivity contribution in [3.63, 3.8) is 0 Å². The number of nitrogens with zero attached hydrogens (tertiary/aromatic N) is 3. The van der Waals surface area contributed by atoms with E-state index in [9.17, 15) is 19.5 Å². The Hall–Kier alpha value is -4.95. The Morgan fingerprint density at radius 2 is 1.61 bits per heavy atom. The van der Waals surface area contributed by atoms with Crippen LogP contribution in [0.3, 0.4) is 0 Å². The van der Waals surface area contributed by atoms with Crippen molar-refractivity contribution in [1.29, 1.82) is 0 Å². The number of hydrogen-bond acceptors (Lipinski definition) is 10. The summed E-state index contributed by atoms with van der Waals surface area (Å²) < 4.78 is 16.1. The third-order valence-electron chi connectivity index (χ3n) is 7.93. The minimum absolute atomic E-state index is 0.0134. The molecule has 274 valence electrons. The molecule has 0 aliphatic rings. The Labute approximate surface area is 302 Å². The lowest BCUT2D eigenvalue weighted by Gasteiger charge is -2.30. The number of aliphatic hydroxyl groups is 1. The predicted molar refractivity (Wildman–Crippen MR) is 193 cm³/mol. The van der Waals surface area contributed by atoms with Gasteiger partial charge in [0.05, 0.1) is 36.7 Å². The molecule has 0 aliphatic carbocycles. The van der Waals surface area contributed by atoms with Crippen molar-refractivity contribution < 1.29 is 33.4 Å². The summed E-state index contributed by atoms with van der Waals surface area (Å²) in [4.78, 5) is 49.7. The lowest BCUT2D eigenvalue weighted by atomic mass is 9.93. The lowest BCUT2D eigenvalue weighted by Crippen LogP contribution is -2.55. The number of aliphatic hydroxyl groups excluding tert-OH is 1. The van der Waals surface area contributed by atoms with Crippen LogP contribution in [0.4, 0.5) is 9.59 Å². The van der Waals surface area contributed by atoms with Crippen LogP contribution < -0.4 is 20.7 Å². The predicted octanol–water partition coefficient (Wildman–Crippen LogP) is 5.10. The molecule has 0 radical (unpaired) electrons. The third kappa shape index (κ3) is 13.0. The molecule has 4 N–H and O–H groups in total. The van der Waals surface area contributed by atoms with Crippen molar-refractivity contribution in [3.8, 4) is 5.19 Å². The monoisotopic (exact) mass is 720 g/mol. The highest BCUT2D eigenvalue weighted by Crippen LogP contribution is 2.20. The zero-order chi connectivity index (χ0) is 36.8. The van der Waals surface area contributed by atoms with E-state index in [4.69, 9.17) is 13.9 Å². The maximum absolute atomic E-state index is 13.9. The number of thiazole rings is 1. The topological polar surface area (TPSA) is 168 Å². The first-order valence-electron chi connectivity index (χ1n) is 17.0. The molecule has 2 heterocycles. The quantitative estimate of drug-likeness (QED) is 0.109. The Balaban J connectivity index is 1.45. The van der Waals surface area contributed by atoms with Crippen molar-refractivity contribution >= 4 is 29.4 Å². The van der Waals surface area contributed by atoms with Crippen LogP contribution in [-0.4, -0.2) is 75.4 Å². The Bertz CT molecular complexity index is 1640. The van der Waals surface area contributed by atoms with Gasteiger partial charge in [0, 0.05) is 18.5 Å². The molecule has 2 aromatic heterocycles. The molecule has 2 aromatic carbocycles. The minimum atomic E-state index is -1.09. The summed E-state index contributed by atoms with van der Waals surface area (Å²) in [6.45, 7) is 7.65. The Morgan fingerprint density at radius 1 is 0.941 bits per heavy atom. The smallest absolute Gasteiger partial charge is 0.407 e. The molecule has 0 spiro atoms. The van der Waals surface area contributed by atoms with Crippen molar-refractivity contribution in [2.24, 2.45) is 5.92 Å². The summed E-state index contributed by atoms with van der Waals surface area (Å²) in [5, 5.41) is 22.8. The van der Waals surface area contributed by atoms with Gasteiger partial charge in [-0.2, -0.15) is 0 Å². The molecule has 13 nitrogen and oxygen atoms in total. The molecule has 0 aliphatic heterocycles. The van der Waals surface area contributed by atoms with Gasteiger partial charge >= 0.3 is 12.1 Å². The lowest BCUT2D eigenvalue weighted by molar-refractivity contribution is -0.124. The van der Waals surface area contributed by atoms with E-state index in [0.717, 1.165) is 11.1 Å². The third-order valence-corrected chi connectivity index (χ3v) is 8.71. The first-order valence-corrected chi connectivity index (χ1v) is 17.8. The van der Waals surface area contributed by atoms with Gasteiger partial charge in [0.1, 0.15) is 6.04 Å². The second-order valence-corrected chi connectivity index (χ2v) is 13.8. The summed E-state index contributed by atoms with van der Waals surface area (Å²) in [5.41, 5.74) is 2.52. The minimum Gasteiger partial charge on any atom is -0.467 e. The van der Waals surface area contributed by atoms with E-state index in [0.29, 0.717) is 29.5 Å². The fraction of sp³-hybridized carbons (Fsp3) is 0.432. The highest BCUT2D eigenvalue weighted by Gasteiger charge is 2.31. The summed E-state index contributed by atoms with van der Waals surface area (Å²) in [6.07, 6.45) is 1.68. The van der Waals surface area contributed by atoms with Crippen molar-refractivity contribution in [1.82, 2.24) is 30.8 Å². The van der Waals surface area contributed by atoms with Crippen molar-refractivity contribution in [2.45, 2.75) is 90.4 Å². The number of benzene rings is 2. The standard InChI is InChI=1S/C37H48N6O7S/c1-24(2)33(42-35(46)43(5)20-29-22-51-37(40-29)50-25(3)4)34(45)39-28(16-26-12-8-6-9-13-26)18-32(44)31(17-27-14-10-7-11-15-27)41-36(47)48-21-30-19-38-23-49-30/h6-15,19,22-25,28,31-33,44H,16-18,20-21H2,1-5H3,(H,39,45)(H,41,47)(H,42,46)/t28-,31-,32-,33-/m0/s1. The summed E-state index contributed by atoms with van der Waals surface area (Å²) in [7, 11) is 1.64. The summed E-state index contributed by atoms with van der Waals surface area (Å²) in [5.74, 6) is -0.260. The molecule has 0 saturated heterocycles.